The highest BCUT2D eigenvalue weighted by Crippen LogP contribution is 2.29. The van der Waals surface area contributed by atoms with Crippen LogP contribution < -0.4 is 4.90 Å². The molecule has 2 aliphatic heterocycles. The number of anilines is 1. The van der Waals surface area contributed by atoms with Crippen molar-refractivity contribution in [2.24, 2.45) is 0 Å². The SMILES string of the molecule is Cc1c(N2CCc3ncc(C(=O)N4CCN(C5CC5)CC4)cc3C2)nn2cnnc2c1C. The molecule has 1 aliphatic carbocycles. The van der Waals surface area contributed by atoms with E-state index in [9.17, 15) is 4.79 Å². The summed E-state index contributed by atoms with van der Waals surface area (Å²) in [6, 6.07) is 2.81. The number of carbonyl (C=O) groups is 1. The second kappa shape index (κ2) is 7.51. The first kappa shape index (κ1) is 19.6. The molecule has 9 heteroatoms. The van der Waals surface area contributed by atoms with Gasteiger partial charge >= 0.3 is 0 Å². The van der Waals surface area contributed by atoms with Crippen LogP contribution in [0.1, 0.15) is 45.6 Å². The average molecular weight is 433 g/mol. The van der Waals surface area contributed by atoms with E-state index < -0.39 is 0 Å². The van der Waals surface area contributed by atoms with Crippen molar-refractivity contribution in [3.8, 4) is 0 Å². The van der Waals surface area contributed by atoms with Gasteiger partial charge in [-0.1, -0.05) is 0 Å². The zero-order valence-electron chi connectivity index (χ0n) is 18.7. The fourth-order valence-electron chi connectivity index (χ4n) is 5.00. The number of piperazine rings is 1. The van der Waals surface area contributed by atoms with E-state index in [4.69, 9.17) is 5.10 Å². The maximum Gasteiger partial charge on any atom is 0.255 e. The third-order valence-electron chi connectivity index (χ3n) is 7.22. The number of amides is 1. The predicted molar refractivity (Wildman–Crippen MR) is 120 cm³/mol. The van der Waals surface area contributed by atoms with Crippen LogP contribution in [0.25, 0.3) is 5.65 Å². The maximum absolute atomic E-state index is 13.2. The highest BCUT2D eigenvalue weighted by Gasteiger charge is 2.33. The lowest BCUT2D eigenvalue weighted by molar-refractivity contribution is 0.0626. The Labute approximate surface area is 187 Å². The molecular formula is C23H28N8O. The first-order valence-electron chi connectivity index (χ1n) is 11.5. The molecule has 0 bridgehead atoms. The molecule has 0 radical (unpaired) electrons. The Hall–Kier alpha value is -3.07. The van der Waals surface area contributed by atoms with Crippen molar-refractivity contribution in [1.29, 1.82) is 0 Å². The molecule has 1 amide bonds. The van der Waals surface area contributed by atoms with Crippen LogP contribution in [0.5, 0.6) is 0 Å². The fourth-order valence-corrected chi connectivity index (χ4v) is 5.00. The van der Waals surface area contributed by atoms with Crippen LogP contribution in [0, 0.1) is 13.8 Å². The number of rotatable bonds is 3. The zero-order chi connectivity index (χ0) is 21.8. The molecule has 3 aromatic heterocycles. The van der Waals surface area contributed by atoms with Gasteiger partial charge in [0.2, 0.25) is 0 Å². The molecular weight excluding hydrogens is 404 g/mol. The van der Waals surface area contributed by atoms with E-state index in [2.05, 4.69) is 38.8 Å². The Kier molecular flexibility index (Phi) is 4.60. The highest BCUT2D eigenvalue weighted by molar-refractivity contribution is 5.94. The monoisotopic (exact) mass is 432 g/mol. The Morgan fingerprint density at radius 3 is 2.66 bits per heavy atom. The molecule has 0 atom stereocenters. The normalized spacial score (nSPS) is 19.4. The number of nitrogens with zero attached hydrogens (tertiary/aromatic N) is 8. The summed E-state index contributed by atoms with van der Waals surface area (Å²) in [6.45, 7) is 9.26. The zero-order valence-corrected chi connectivity index (χ0v) is 18.7. The molecule has 3 aliphatic rings. The van der Waals surface area contributed by atoms with Crippen LogP contribution in [0.15, 0.2) is 18.6 Å². The van der Waals surface area contributed by atoms with E-state index in [1.807, 2.05) is 11.0 Å². The third-order valence-corrected chi connectivity index (χ3v) is 7.22. The van der Waals surface area contributed by atoms with Crippen molar-refractivity contribution in [3.63, 3.8) is 0 Å². The van der Waals surface area contributed by atoms with Crippen LogP contribution in [0.4, 0.5) is 5.82 Å². The van der Waals surface area contributed by atoms with Gasteiger partial charge in [-0.15, -0.1) is 15.3 Å². The number of aromatic nitrogens is 5. The molecule has 5 heterocycles. The molecule has 9 nitrogen and oxygen atoms in total. The Morgan fingerprint density at radius 1 is 1.06 bits per heavy atom. The summed E-state index contributed by atoms with van der Waals surface area (Å²) in [4.78, 5) is 24.6. The lowest BCUT2D eigenvalue weighted by Gasteiger charge is -2.35. The fraction of sp³-hybridized carbons (Fsp3) is 0.522. The van der Waals surface area contributed by atoms with E-state index in [1.165, 1.54) is 12.8 Å². The minimum atomic E-state index is 0.101. The summed E-state index contributed by atoms with van der Waals surface area (Å²) in [7, 11) is 0. The molecule has 6 rings (SSSR count). The molecule has 1 saturated heterocycles. The van der Waals surface area contributed by atoms with Crippen molar-refractivity contribution in [1.82, 2.24) is 34.6 Å². The van der Waals surface area contributed by atoms with Gasteiger partial charge in [-0.2, -0.15) is 4.52 Å². The van der Waals surface area contributed by atoms with Crippen LogP contribution >= 0.6 is 0 Å². The number of carbonyl (C=O) groups excluding carboxylic acids is 1. The smallest absolute Gasteiger partial charge is 0.255 e. The maximum atomic E-state index is 13.2. The third kappa shape index (κ3) is 3.31. The molecule has 166 valence electrons. The molecule has 0 N–H and O–H groups in total. The second-order valence-electron chi connectivity index (χ2n) is 9.23. The van der Waals surface area contributed by atoms with Crippen molar-refractivity contribution < 1.29 is 4.79 Å². The topological polar surface area (TPSA) is 82.8 Å². The number of fused-ring (bicyclic) bond motifs is 2. The van der Waals surface area contributed by atoms with Gasteiger partial charge in [-0.25, -0.2) is 0 Å². The van der Waals surface area contributed by atoms with Gasteiger partial charge in [-0.3, -0.25) is 14.7 Å². The summed E-state index contributed by atoms with van der Waals surface area (Å²) in [5.74, 6) is 1.04. The Balaban J connectivity index is 1.23. The first-order chi connectivity index (χ1) is 15.6. The standard InChI is InChI=1S/C23H28N8O/c1-15-16(2)22(27-31-14-25-26-21(15)31)30-6-5-20-18(13-30)11-17(12-24-20)23(32)29-9-7-28(8-10-29)19-3-4-19/h11-12,14,19H,3-10,13H2,1-2H3. The number of hydrogen-bond acceptors (Lipinski definition) is 7. The highest BCUT2D eigenvalue weighted by atomic mass is 16.2. The summed E-state index contributed by atoms with van der Waals surface area (Å²) in [5, 5.41) is 12.9. The first-order valence-corrected chi connectivity index (χ1v) is 11.5. The Morgan fingerprint density at radius 2 is 1.88 bits per heavy atom. The van der Waals surface area contributed by atoms with Gasteiger partial charge in [0.1, 0.15) is 6.33 Å². The predicted octanol–water partition coefficient (Wildman–Crippen LogP) is 1.62. The molecule has 3 aromatic rings. The van der Waals surface area contributed by atoms with E-state index in [0.717, 1.165) is 79.0 Å². The van der Waals surface area contributed by atoms with Crippen molar-refractivity contribution in [2.75, 3.05) is 37.6 Å². The van der Waals surface area contributed by atoms with Crippen molar-refractivity contribution in [2.45, 2.75) is 45.7 Å². The van der Waals surface area contributed by atoms with Crippen LogP contribution in [0.3, 0.4) is 0 Å². The van der Waals surface area contributed by atoms with Gasteiger partial charge < -0.3 is 9.80 Å². The van der Waals surface area contributed by atoms with Gasteiger partial charge in [0, 0.05) is 74.7 Å². The van der Waals surface area contributed by atoms with E-state index in [-0.39, 0.29) is 5.91 Å². The molecule has 32 heavy (non-hydrogen) atoms. The number of pyridine rings is 1. The second-order valence-corrected chi connectivity index (χ2v) is 9.23. The van der Waals surface area contributed by atoms with Gasteiger partial charge in [0.05, 0.1) is 5.56 Å². The van der Waals surface area contributed by atoms with E-state index in [0.29, 0.717) is 12.1 Å². The molecule has 2 fully saturated rings. The van der Waals surface area contributed by atoms with Gasteiger partial charge in [-0.05, 0) is 38.3 Å². The van der Waals surface area contributed by atoms with Crippen LogP contribution in [0.2, 0.25) is 0 Å². The van der Waals surface area contributed by atoms with Gasteiger partial charge in [0.25, 0.3) is 5.91 Å². The van der Waals surface area contributed by atoms with Gasteiger partial charge in [0.15, 0.2) is 11.5 Å². The Bertz CT molecular complexity index is 1190. The molecule has 0 aromatic carbocycles. The summed E-state index contributed by atoms with van der Waals surface area (Å²) in [6.07, 6.45) is 6.88. The molecule has 1 saturated carbocycles. The quantitative estimate of drug-likeness (QED) is 0.622. The minimum Gasteiger partial charge on any atom is -0.350 e. The summed E-state index contributed by atoms with van der Waals surface area (Å²) < 4.78 is 1.74. The largest absolute Gasteiger partial charge is 0.350 e. The molecule has 0 unspecified atom stereocenters. The van der Waals surface area contributed by atoms with E-state index >= 15 is 0 Å². The number of hydrogen-bond donors (Lipinski definition) is 0. The minimum absolute atomic E-state index is 0.101. The lowest BCUT2D eigenvalue weighted by Crippen LogP contribution is -2.49. The van der Waals surface area contributed by atoms with E-state index in [1.54, 1.807) is 17.0 Å². The van der Waals surface area contributed by atoms with Crippen LogP contribution in [-0.4, -0.2) is 79.3 Å². The molecule has 0 spiro atoms. The van der Waals surface area contributed by atoms with Crippen molar-refractivity contribution >= 4 is 17.4 Å². The van der Waals surface area contributed by atoms with Crippen LogP contribution in [-0.2, 0) is 13.0 Å². The number of aryl methyl sites for hydroxylation is 1. The average Bonchev–Trinajstić information content (AvgIpc) is 3.57. The van der Waals surface area contributed by atoms with Crippen molar-refractivity contribution in [3.05, 3.63) is 46.5 Å². The lowest BCUT2D eigenvalue weighted by atomic mass is 10.0. The summed E-state index contributed by atoms with van der Waals surface area (Å²) >= 11 is 0. The summed E-state index contributed by atoms with van der Waals surface area (Å²) in [5.41, 5.74) is 5.88.